The molecule has 0 radical (unpaired) electrons. The molecule has 0 bridgehead atoms. The zero-order chi connectivity index (χ0) is 19.1. The summed E-state index contributed by atoms with van der Waals surface area (Å²) in [5.74, 6) is 0.950. The van der Waals surface area contributed by atoms with E-state index in [0.717, 1.165) is 5.92 Å². The molecule has 26 heavy (non-hydrogen) atoms. The van der Waals surface area contributed by atoms with E-state index >= 15 is 0 Å². The molecule has 0 rings (SSSR count). The second-order valence-electron chi connectivity index (χ2n) is 9.02. The second kappa shape index (κ2) is 23.0. The highest BCUT2D eigenvalue weighted by Gasteiger charge is 1.98. The number of hydrogen-bond donors (Lipinski definition) is 0. The molecule has 0 aromatic rings. The Morgan fingerprint density at radius 3 is 0.923 bits per heavy atom. The smallest absolute Gasteiger partial charge is 0.0445 e. The van der Waals surface area contributed by atoms with Gasteiger partial charge in [-0.25, -0.2) is 0 Å². The van der Waals surface area contributed by atoms with Gasteiger partial charge in [-0.1, -0.05) is 162 Å². The molecular formula is C26H54. The fraction of sp³-hybridized carbons (Fsp3) is 1.00. The van der Waals surface area contributed by atoms with E-state index in [4.69, 9.17) is 0 Å². The van der Waals surface area contributed by atoms with Crippen molar-refractivity contribution in [1.82, 2.24) is 0 Å². The molecule has 0 saturated carbocycles. The van der Waals surface area contributed by atoms with Gasteiger partial charge < -0.3 is 0 Å². The Morgan fingerprint density at radius 2 is 0.654 bits per heavy atom. The molecule has 0 aromatic carbocycles. The predicted molar refractivity (Wildman–Crippen MR) is 122 cm³/mol. The number of rotatable bonds is 22. The van der Waals surface area contributed by atoms with Crippen LogP contribution in [0.15, 0.2) is 0 Å². The first-order valence-corrected chi connectivity index (χ1v) is 12.8. The van der Waals surface area contributed by atoms with Crippen molar-refractivity contribution in [1.29, 1.82) is 0 Å². The van der Waals surface area contributed by atoms with Crippen LogP contribution in [0, 0.1) is 5.92 Å². The van der Waals surface area contributed by atoms with Gasteiger partial charge in [-0.2, -0.15) is 0 Å². The summed E-state index contributed by atoms with van der Waals surface area (Å²) in [6.45, 7) is 7.02. The van der Waals surface area contributed by atoms with Crippen molar-refractivity contribution >= 4 is 0 Å². The lowest BCUT2D eigenvalue weighted by atomic mass is 9.99. The molecule has 1 atom stereocenters. The average Bonchev–Trinajstić information content (AvgIpc) is 2.66. The van der Waals surface area contributed by atoms with Crippen molar-refractivity contribution in [2.24, 2.45) is 5.92 Å². The van der Waals surface area contributed by atoms with Gasteiger partial charge in [0.25, 0.3) is 0 Å². The summed E-state index contributed by atoms with van der Waals surface area (Å²) in [4.78, 5) is 0. The van der Waals surface area contributed by atoms with Gasteiger partial charge >= 0.3 is 0 Å². The molecule has 0 N–H and O–H groups in total. The molecule has 0 spiro atoms. The van der Waals surface area contributed by atoms with E-state index in [2.05, 4.69) is 20.8 Å². The molecular weight excluding hydrogens is 312 g/mol. The molecule has 0 heterocycles. The molecule has 0 aromatic heterocycles. The summed E-state index contributed by atoms with van der Waals surface area (Å²) in [5.41, 5.74) is 0. The third kappa shape index (κ3) is 22.0. The molecule has 0 heteroatoms. The lowest BCUT2D eigenvalue weighted by molar-refractivity contribution is 0.468. The first-order valence-electron chi connectivity index (χ1n) is 12.8. The maximum Gasteiger partial charge on any atom is -0.0445 e. The van der Waals surface area contributed by atoms with Gasteiger partial charge in [0.15, 0.2) is 0 Å². The third-order valence-electron chi connectivity index (χ3n) is 6.25. The van der Waals surface area contributed by atoms with E-state index in [1.165, 1.54) is 141 Å². The lowest BCUT2D eigenvalue weighted by Gasteiger charge is -2.07. The topological polar surface area (TPSA) is 0 Å². The van der Waals surface area contributed by atoms with Crippen LogP contribution in [0.2, 0.25) is 0 Å². The van der Waals surface area contributed by atoms with Crippen LogP contribution in [-0.4, -0.2) is 0 Å². The Balaban J connectivity index is 2.99. The van der Waals surface area contributed by atoms with E-state index in [9.17, 15) is 0 Å². The minimum Gasteiger partial charge on any atom is -0.0654 e. The van der Waals surface area contributed by atoms with E-state index in [0.29, 0.717) is 0 Å². The highest BCUT2D eigenvalue weighted by Crippen LogP contribution is 2.16. The van der Waals surface area contributed by atoms with Gasteiger partial charge in [-0.05, 0) is 5.92 Å². The third-order valence-corrected chi connectivity index (χ3v) is 6.25. The highest BCUT2D eigenvalue weighted by molar-refractivity contribution is 4.53. The summed E-state index contributed by atoms with van der Waals surface area (Å²) in [6, 6.07) is 0. The fourth-order valence-electron chi connectivity index (χ4n) is 3.95. The van der Waals surface area contributed by atoms with Gasteiger partial charge in [0.05, 0.1) is 0 Å². The van der Waals surface area contributed by atoms with Crippen molar-refractivity contribution in [2.75, 3.05) is 0 Å². The summed E-state index contributed by atoms with van der Waals surface area (Å²) in [6.07, 6.45) is 32.4. The monoisotopic (exact) mass is 366 g/mol. The van der Waals surface area contributed by atoms with Crippen LogP contribution in [-0.2, 0) is 0 Å². The van der Waals surface area contributed by atoms with Gasteiger partial charge in [-0.15, -0.1) is 0 Å². The predicted octanol–water partition coefficient (Wildman–Crippen LogP) is 10.2. The first-order chi connectivity index (χ1) is 12.8. The summed E-state index contributed by atoms with van der Waals surface area (Å²) in [5, 5.41) is 0. The highest BCUT2D eigenvalue weighted by atomic mass is 14.0. The largest absolute Gasteiger partial charge is 0.0654 e. The van der Waals surface area contributed by atoms with Crippen molar-refractivity contribution in [3.05, 3.63) is 0 Å². The van der Waals surface area contributed by atoms with Gasteiger partial charge in [-0.3, -0.25) is 0 Å². The van der Waals surface area contributed by atoms with E-state index < -0.39 is 0 Å². The van der Waals surface area contributed by atoms with Crippen LogP contribution in [0.3, 0.4) is 0 Å². The molecule has 158 valence electrons. The Kier molecular flexibility index (Phi) is 23.0. The van der Waals surface area contributed by atoms with Crippen LogP contribution < -0.4 is 0 Å². The molecule has 0 amide bonds. The minimum absolute atomic E-state index is 0.950. The zero-order valence-corrected chi connectivity index (χ0v) is 19.1. The maximum atomic E-state index is 2.40. The Morgan fingerprint density at radius 1 is 0.385 bits per heavy atom. The van der Waals surface area contributed by atoms with E-state index in [-0.39, 0.29) is 0 Å². The second-order valence-corrected chi connectivity index (χ2v) is 9.02. The van der Waals surface area contributed by atoms with Crippen molar-refractivity contribution < 1.29 is 0 Å². The quantitative estimate of drug-likeness (QED) is 0.167. The Labute approximate surface area is 168 Å². The summed E-state index contributed by atoms with van der Waals surface area (Å²) < 4.78 is 0. The number of hydrogen-bond acceptors (Lipinski definition) is 0. The molecule has 0 nitrogen and oxygen atoms in total. The van der Waals surface area contributed by atoms with Crippen LogP contribution in [0.1, 0.15) is 162 Å². The van der Waals surface area contributed by atoms with Crippen LogP contribution in [0.5, 0.6) is 0 Å². The first kappa shape index (κ1) is 26.0. The maximum absolute atomic E-state index is 2.40. The average molecular weight is 367 g/mol. The van der Waals surface area contributed by atoms with Gasteiger partial charge in [0, 0.05) is 0 Å². The molecule has 0 aliphatic carbocycles. The number of unbranched alkanes of at least 4 members (excludes halogenated alkanes) is 19. The molecule has 0 saturated heterocycles. The summed E-state index contributed by atoms with van der Waals surface area (Å²) >= 11 is 0. The van der Waals surface area contributed by atoms with Crippen LogP contribution in [0.4, 0.5) is 0 Å². The summed E-state index contributed by atoms with van der Waals surface area (Å²) in [7, 11) is 0. The minimum atomic E-state index is 0.950. The normalized spacial score (nSPS) is 12.6. The zero-order valence-electron chi connectivity index (χ0n) is 19.1. The van der Waals surface area contributed by atoms with Gasteiger partial charge in [0.1, 0.15) is 0 Å². The van der Waals surface area contributed by atoms with Crippen LogP contribution >= 0.6 is 0 Å². The lowest BCUT2D eigenvalue weighted by Crippen LogP contribution is -1.91. The van der Waals surface area contributed by atoms with E-state index in [1.807, 2.05) is 0 Å². The van der Waals surface area contributed by atoms with Crippen molar-refractivity contribution in [2.45, 2.75) is 162 Å². The fourth-order valence-corrected chi connectivity index (χ4v) is 3.95. The SMILES string of the molecule is CCCCCCCCCCCCCCCCCCCCCCC(C)CC. The Hall–Kier alpha value is 0. The molecule has 0 aliphatic heterocycles. The van der Waals surface area contributed by atoms with E-state index in [1.54, 1.807) is 0 Å². The molecule has 0 aliphatic rings. The van der Waals surface area contributed by atoms with Crippen molar-refractivity contribution in [3.8, 4) is 0 Å². The van der Waals surface area contributed by atoms with Gasteiger partial charge in [0.2, 0.25) is 0 Å². The van der Waals surface area contributed by atoms with Crippen LogP contribution in [0.25, 0.3) is 0 Å². The Bertz CT molecular complexity index is 232. The standard InChI is InChI=1S/C26H54/c1-4-6-7-8-9-10-11-12-13-14-15-16-17-18-19-20-21-22-23-24-25-26(3)5-2/h26H,4-25H2,1-3H3. The van der Waals surface area contributed by atoms with Crippen molar-refractivity contribution in [3.63, 3.8) is 0 Å². The molecule has 1 unspecified atom stereocenters. The molecule has 0 fully saturated rings.